The number of ether oxygens (including phenoxy) is 1. The van der Waals surface area contributed by atoms with Gasteiger partial charge in [-0.2, -0.15) is 0 Å². The zero-order valence-electron chi connectivity index (χ0n) is 13.3. The third kappa shape index (κ3) is 3.00. The summed E-state index contributed by atoms with van der Waals surface area (Å²) in [4.78, 5) is 9.95. The van der Waals surface area contributed by atoms with E-state index in [4.69, 9.17) is 4.74 Å². The van der Waals surface area contributed by atoms with Gasteiger partial charge in [-0.3, -0.25) is 0 Å². The molecule has 0 aromatic carbocycles. The molecule has 1 aliphatic carbocycles. The number of anilines is 1. The van der Waals surface area contributed by atoms with Gasteiger partial charge in [-0.05, 0) is 31.6 Å². The van der Waals surface area contributed by atoms with E-state index in [0.29, 0.717) is 38.1 Å². The van der Waals surface area contributed by atoms with Crippen LogP contribution in [0.25, 0.3) is 0 Å². The molecule has 1 N–H and O–H groups in total. The molecule has 0 amide bonds. The van der Waals surface area contributed by atoms with E-state index >= 15 is 0 Å². The van der Waals surface area contributed by atoms with E-state index in [9.17, 15) is 12.8 Å². The van der Waals surface area contributed by atoms with E-state index in [2.05, 4.69) is 14.7 Å². The summed E-state index contributed by atoms with van der Waals surface area (Å²) >= 11 is 0. The summed E-state index contributed by atoms with van der Waals surface area (Å²) in [5, 5.41) is -0.180. The molecule has 0 bridgehead atoms. The fourth-order valence-electron chi connectivity index (χ4n) is 3.62. The summed E-state index contributed by atoms with van der Waals surface area (Å²) in [5.74, 6) is 0.369. The molecule has 24 heavy (non-hydrogen) atoms. The zero-order valence-corrected chi connectivity index (χ0v) is 14.1. The van der Waals surface area contributed by atoms with Crippen LogP contribution in [0.4, 0.5) is 10.3 Å². The van der Waals surface area contributed by atoms with Crippen molar-refractivity contribution in [2.45, 2.75) is 36.5 Å². The first-order chi connectivity index (χ1) is 11.5. The Morgan fingerprint density at radius 3 is 2.67 bits per heavy atom. The van der Waals surface area contributed by atoms with Gasteiger partial charge in [0.05, 0.1) is 30.7 Å². The van der Waals surface area contributed by atoms with Crippen LogP contribution in [-0.2, 0) is 14.8 Å². The summed E-state index contributed by atoms with van der Waals surface area (Å²) in [6.45, 7) is 2.48. The summed E-state index contributed by atoms with van der Waals surface area (Å²) in [6, 6.07) is 0. The predicted octanol–water partition coefficient (Wildman–Crippen LogP) is 0.683. The monoisotopic (exact) mass is 356 g/mol. The average Bonchev–Trinajstić information content (AvgIpc) is 3.29. The summed E-state index contributed by atoms with van der Waals surface area (Å²) < 4.78 is 45.3. The largest absolute Gasteiger partial charge is 0.371 e. The SMILES string of the molecule is O=S(=O)(NCCC1CCOC12CN(c1ncc(F)cn1)C2)C1CC1. The molecule has 9 heteroatoms. The Morgan fingerprint density at radius 1 is 1.29 bits per heavy atom. The summed E-state index contributed by atoms with van der Waals surface area (Å²) in [7, 11) is -3.12. The van der Waals surface area contributed by atoms with Gasteiger partial charge in [-0.15, -0.1) is 0 Å². The molecule has 132 valence electrons. The molecule has 2 saturated heterocycles. The van der Waals surface area contributed by atoms with E-state index < -0.39 is 15.8 Å². The Morgan fingerprint density at radius 2 is 2.00 bits per heavy atom. The van der Waals surface area contributed by atoms with Gasteiger partial charge < -0.3 is 9.64 Å². The fourth-order valence-corrected chi connectivity index (χ4v) is 5.02. The van der Waals surface area contributed by atoms with Crippen LogP contribution in [0.3, 0.4) is 0 Å². The van der Waals surface area contributed by atoms with Crippen LogP contribution in [-0.4, -0.2) is 55.5 Å². The van der Waals surface area contributed by atoms with Crippen LogP contribution < -0.4 is 9.62 Å². The molecule has 0 radical (unpaired) electrons. The molecular formula is C15H21FN4O3S. The molecule has 1 unspecified atom stereocenters. The van der Waals surface area contributed by atoms with Crippen molar-refractivity contribution < 1.29 is 17.5 Å². The lowest BCUT2D eigenvalue weighted by Crippen LogP contribution is -2.65. The first-order valence-electron chi connectivity index (χ1n) is 8.33. The number of hydrogen-bond acceptors (Lipinski definition) is 6. The number of aromatic nitrogens is 2. The molecule has 1 aromatic rings. The highest BCUT2D eigenvalue weighted by atomic mass is 32.2. The van der Waals surface area contributed by atoms with E-state index in [0.717, 1.165) is 38.1 Å². The maximum atomic E-state index is 12.9. The Hall–Kier alpha value is -1.32. The van der Waals surface area contributed by atoms with Crippen molar-refractivity contribution in [3.8, 4) is 0 Å². The first kappa shape index (κ1) is 16.2. The second-order valence-corrected chi connectivity index (χ2v) is 8.93. The number of nitrogens with one attached hydrogen (secondary N) is 1. The van der Waals surface area contributed by atoms with Crippen molar-refractivity contribution in [3.05, 3.63) is 18.2 Å². The Labute approximate surface area is 140 Å². The molecule has 2 aliphatic heterocycles. The minimum absolute atomic E-state index is 0.180. The third-order valence-corrected chi connectivity index (χ3v) is 7.12. The summed E-state index contributed by atoms with van der Waals surface area (Å²) in [6.07, 6.45) is 5.57. The Kier molecular flexibility index (Phi) is 3.97. The Balaban J connectivity index is 1.31. The van der Waals surface area contributed by atoms with E-state index in [-0.39, 0.29) is 10.9 Å². The van der Waals surface area contributed by atoms with Crippen LogP contribution in [0.15, 0.2) is 12.4 Å². The number of hydrogen-bond donors (Lipinski definition) is 1. The number of nitrogens with zero attached hydrogens (tertiary/aromatic N) is 3. The number of sulfonamides is 1. The van der Waals surface area contributed by atoms with Gasteiger partial charge in [0.15, 0.2) is 5.82 Å². The van der Waals surface area contributed by atoms with Gasteiger partial charge in [0.1, 0.15) is 5.60 Å². The van der Waals surface area contributed by atoms with Gasteiger partial charge in [0.2, 0.25) is 16.0 Å². The number of halogens is 1. The predicted molar refractivity (Wildman–Crippen MR) is 85.6 cm³/mol. The van der Waals surface area contributed by atoms with E-state index in [1.54, 1.807) is 0 Å². The van der Waals surface area contributed by atoms with Crippen molar-refractivity contribution in [1.82, 2.24) is 14.7 Å². The second-order valence-electron chi connectivity index (χ2n) is 6.88. The molecule has 4 rings (SSSR count). The number of rotatable bonds is 6. The third-order valence-electron chi connectivity index (χ3n) is 5.17. The van der Waals surface area contributed by atoms with Crippen molar-refractivity contribution >= 4 is 16.0 Å². The van der Waals surface area contributed by atoms with Gasteiger partial charge in [0, 0.05) is 13.2 Å². The van der Waals surface area contributed by atoms with Crippen molar-refractivity contribution in [3.63, 3.8) is 0 Å². The second kappa shape index (κ2) is 5.89. The first-order valence-corrected chi connectivity index (χ1v) is 9.88. The maximum Gasteiger partial charge on any atom is 0.225 e. The van der Waals surface area contributed by atoms with Crippen molar-refractivity contribution in [1.29, 1.82) is 0 Å². The summed E-state index contributed by atoms with van der Waals surface area (Å²) in [5.41, 5.74) is -0.247. The van der Waals surface area contributed by atoms with Crippen LogP contribution in [0.5, 0.6) is 0 Å². The molecule has 3 aliphatic rings. The minimum atomic E-state index is -3.12. The quantitative estimate of drug-likeness (QED) is 0.807. The van der Waals surface area contributed by atoms with Crippen LogP contribution in [0, 0.1) is 11.7 Å². The van der Waals surface area contributed by atoms with Gasteiger partial charge in [0.25, 0.3) is 0 Å². The molecule has 1 atom stereocenters. The van der Waals surface area contributed by atoms with Crippen molar-refractivity contribution in [2.75, 3.05) is 31.1 Å². The molecule has 7 nitrogen and oxygen atoms in total. The fraction of sp³-hybridized carbons (Fsp3) is 0.733. The van der Waals surface area contributed by atoms with Gasteiger partial charge in [-0.1, -0.05) is 0 Å². The van der Waals surface area contributed by atoms with Crippen LogP contribution in [0.1, 0.15) is 25.7 Å². The minimum Gasteiger partial charge on any atom is -0.371 e. The van der Waals surface area contributed by atoms with Crippen molar-refractivity contribution in [2.24, 2.45) is 5.92 Å². The highest BCUT2D eigenvalue weighted by Crippen LogP contribution is 2.42. The lowest BCUT2D eigenvalue weighted by atomic mass is 9.79. The maximum absolute atomic E-state index is 12.9. The normalized spacial score (nSPS) is 25.9. The smallest absolute Gasteiger partial charge is 0.225 e. The van der Waals surface area contributed by atoms with E-state index in [1.807, 2.05) is 4.90 Å². The average molecular weight is 356 g/mol. The topological polar surface area (TPSA) is 84.4 Å². The molecule has 1 saturated carbocycles. The molecule has 3 heterocycles. The molecule has 3 fully saturated rings. The lowest BCUT2D eigenvalue weighted by molar-refractivity contribution is -0.0457. The highest BCUT2D eigenvalue weighted by molar-refractivity contribution is 7.90. The van der Waals surface area contributed by atoms with Gasteiger partial charge >= 0.3 is 0 Å². The van der Waals surface area contributed by atoms with Crippen LogP contribution >= 0.6 is 0 Å². The van der Waals surface area contributed by atoms with E-state index in [1.165, 1.54) is 0 Å². The van der Waals surface area contributed by atoms with Crippen LogP contribution in [0.2, 0.25) is 0 Å². The molecule has 1 aromatic heterocycles. The standard InChI is InChI=1S/C15H21FN4O3S/c16-12-7-17-14(18-8-12)20-9-15(10-20)11(4-6-23-15)3-5-19-24(21,22)13-1-2-13/h7-8,11,13,19H,1-6,9-10H2. The van der Waals surface area contributed by atoms with Gasteiger partial charge in [-0.25, -0.2) is 27.5 Å². The Bertz CT molecular complexity index is 702. The lowest BCUT2D eigenvalue weighted by Gasteiger charge is -2.50. The molecule has 1 spiro atoms. The zero-order chi connectivity index (χ0) is 16.8. The highest BCUT2D eigenvalue weighted by Gasteiger charge is 2.53. The molecular weight excluding hydrogens is 335 g/mol.